The first-order chi connectivity index (χ1) is 29.0. The number of hydrogen-bond donors (Lipinski definition) is 0. The minimum absolute atomic E-state index is 0.0328. The Morgan fingerprint density at radius 2 is 0.900 bits per heavy atom. The van der Waals surface area contributed by atoms with Crippen molar-refractivity contribution in [1.29, 1.82) is 0 Å². The average Bonchev–Trinajstić information content (AvgIpc) is 3.20. The molecule has 0 saturated carbocycles. The number of unbranched alkanes of at least 4 members (excludes halogenated alkanes) is 25. The van der Waals surface area contributed by atoms with Crippen molar-refractivity contribution < 1.29 is 42.1 Å². The fourth-order valence-corrected chi connectivity index (χ4v) is 7.47. The number of phosphoric ester groups is 1. The van der Waals surface area contributed by atoms with Crippen molar-refractivity contribution in [3.8, 4) is 0 Å². The number of esters is 2. The molecule has 9 nitrogen and oxygen atoms in total. The summed E-state index contributed by atoms with van der Waals surface area (Å²) >= 11 is 0. The van der Waals surface area contributed by atoms with E-state index in [9.17, 15) is 19.0 Å². The van der Waals surface area contributed by atoms with Crippen LogP contribution in [0.3, 0.4) is 0 Å². The molecular weight excluding hydrogens is 774 g/mol. The monoisotopic (exact) mass is 868 g/mol. The molecule has 2 unspecified atom stereocenters. The first-order valence-electron chi connectivity index (χ1n) is 24.7. The summed E-state index contributed by atoms with van der Waals surface area (Å²) in [5.74, 6) is -0.844. The molecule has 0 fully saturated rings. The number of ether oxygens (including phenoxy) is 2. The summed E-state index contributed by atoms with van der Waals surface area (Å²) in [7, 11) is 1.16. The van der Waals surface area contributed by atoms with Crippen molar-refractivity contribution in [3.63, 3.8) is 0 Å². The van der Waals surface area contributed by atoms with Crippen molar-refractivity contribution in [2.75, 3.05) is 47.5 Å². The molecule has 0 saturated heterocycles. The summed E-state index contributed by atoms with van der Waals surface area (Å²) in [5, 5.41) is 0. The molecule has 0 aliphatic heterocycles. The van der Waals surface area contributed by atoms with Gasteiger partial charge >= 0.3 is 11.9 Å². The summed E-state index contributed by atoms with van der Waals surface area (Å²) in [5.41, 5.74) is 0. The highest BCUT2D eigenvalue weighted by atomic mass is 31.2. The van der Waals surface area contributed by atoms with Crippen molar-refractivity contribution in [2.24, 2.45) is 0 Å². The second-order valence-corrected chi connectivity index (χ2v) is 19.2. The standard InChI is InChI=1S/C50H94NO8P/c1-6-8-10-12-14-16-18-20-22-23-24-25-26-27-29-31-33-35-37-39-41-43-50(53)59-48(47-58-60(54,55)57-45-44-51(3,4)5)46-56-49(52)42-40-38-36-34-32-30-28-21-19-17-15-13-11-9-7-2/h18,20-21,23-24,28,48H,6-17,19,22,25-27,29-47H2,1-5H3/b20-18-,24-23-,28-21-. The van der Waals surface area contributed by atoms with Gasteiger partial charge in [-0.15, -0.1) is 0 Å². The molecule has 60 heavy (non-hydrogen) atoms. The average molecular weight is 868 g/mol. The van der Waals surface area contributed by atoms with E-state index in [1.54, 1.807) is 0 Å². The maximum Gasteiger partial charge on any atom is 0.306 e. The molecule has 0 rings (SSSR count). The quantitative estimate of drug-likeness (QED) is 0.0196. The van der Waals surface area contributed by atoms with E-state index in [4.69, 9.17) is 18.5 Å². The maximum absolute atomic E-state index is 12.7. The van der Waals surface area contributed by atoms with E-state index >= 15 is 0 Å². The Labute approximate surface area is 370 Å². The molecule has 0 aromatic heterocycles. The van der Waals surface area contributed by atoms with Crippen LogP contribution in [0.25, 0.3) is 0 Å². The van der Waals surface area contributed by atoms with Crippen molar-refractivity contribution in [3.05, 3.63) is 36.5 Å². The van der Waals surface area contributed by atoms with Crippen LogP contribution in [0, 0.1) is 0 Å². The molecule has 0 bridgehead atoms. The number of quaternary nitrogens is 1. The number of carbonyl (C=O) groups is 2. The molecule has 0 aromatic carbocycles. The van der Waals surface area contributed by atoms with E-state index in [0.717, 1.165) is 70.6 Å². The molecule has 0 spiro atoms. The van der Waals surface area contributed by atoms with E-state index < -0.39 is 32.5 Å². The van der Waals surface area contributed by atoms with Crippen LogP contribution in [0.4, 0.5) is 0 Å². The van der Waals surface area contributed by atoms with Crippen LogP contribution >= 0.6 is 7.82 Å². The molecule has 2 atom stereocenters. The smallest absolute Gasteiger partial charge is 0.306 e. The summed E-state index contributed by atoms with van der Waals surface area (Å²) in [6, 6.07) is 0. The highest BCUT2D eigenvalue weighted by molar-refractivity contribution is 7.45. The lowest BCUT2D eigenvalue weighted by Gasteiger charge is -2.28. The van der Waals surface area contributed by atoms with Crippen LogP contribution in [0.5, 0.6) is 0 Å². The van der Waals surface area contributed by atoms with E-state index in [1.807, 2.05) is 21.1 Å². The van der Waals surface area contributed by atoms with Crippen LogP contribution in [0.1, 0.15) is 219 Å². The van der Waals surface area contributed by atoms with Gasteiger partial charge in [-0.2, -0.15) is 0 Å². The summed E-state index contributed by atoms with van der Waals surface area (Å²) < 4.78 is 34.0. The first-order valence-corrected chi connectivity index (χ1v) is 26.2. The molecule has 0 aliphatic carbocycles. The van der Waals surface area contributed by atoms with Crippen LogP contribution < -0.4 is 4.89 Å². The predicted molar refractivity (Wildman–Crippen MR) is 250 cm³/mol. The molecular formula is C50H94NO8P. The number of hydrogen-bond acceptors (Lipinski definition) is 8. The molecule has 0 amide bonds. The SMILES string of the molecule is CCCCCCC/C=C\C/C=C\CCCCCCCCCCCC(=O)OC(COC(=O)CCCCCCC/C=C\CCCCCCCC)COP(=O)([O-])OCC[N+](C)(C)C. The molecule has 352 valence electrons. The maximum atomic E-state index is 12.7. The van der Waals surface area contributed by atoms with E-state index in [-0.39, 0.29) is 26.1 Å². The summed E-state index contributed by atoms with van der Waals surface area (Å²) in [6.07, 6.45) is 48.8. The lowest BCUT2D eigenvalue weighted by molar-refractivity contribution is -0.870. The lowest BCUT2D eigenvalue weighted by Crippen LogP contribution is -2.37. The third-order valence-electron chi connectivity index (χ3n) is 10.6. The largest absolute Gasteiger partial charge is 0.756 e. The highest BCUT2D eigenvalue weighted by Gasteiger charge is 2.21. The predicted octanol–water partition coefficient (Wildman–Crippen LogP) is 13.8. The Hall–Kier alpha value is -1.77. The minimum atomic E-state index is -4.63. The number of carbonyl (C=O) groups excluding carboxylic acids is 2. The Morgan fingerprint density at radius 1 is 0.517 bits per heavy atom. The number of phosphoric acid groups is 1. The fourth-order valence-electron chi connectivity index (χ4n) is 6.74. The first kappa shape index (κ1) is 58.2. The van der Waals surface area contributed by atoms with Crippen LogP contribution in [-0.4, -0.2) is 70.0 Å². The third-order valence-corrected chi connectivity index (χ3v) is 11.6. The molecule has 0 aromatic rings. The zero-order chi connectivity index (χ0) is 44.3. The summed E-state index contributed by atoms with van der Waals surface area (Å²) in [6.45, 7) is 4.22. The van der Waals surface area contributed by atoms with Gasteiger partial charge in [0.15, 0.2) is 6.10 Å². The third kappa shape index (κ3) is 45.7. The molecule has 0 aliphatic rings. The molecule has 0 radical (unpaired) electrons. The van der Waals surface area contributed by atoms with Gasteiger partial charge in [-0.25, -0.2) is 0 Å². The Balaban J connectivity index is 4.28. The Morgan fingerprint density at radius 3 is 1.33 bits per heavy atom. The molecule has 0 heterocycles. The van der Waals surface area contributed by atoms with Gasteiger partial charge in [-0.05, 0) is 70.6 Å². The lowest BCUT2D eigenvalue weighted by atomic mass is 10.1. The number of likely N-dealkylation sites (N-methyl/N-ethyl adjacent to an activating group) is 1. The van der Waals surface area contributed by atoms with Crippen LogP contribution in [0.15, 0.2) is 36.5 Å². The van der Waals surface area contributed by atoms with E-state index in [2.05, 4.69) is 50.3 Å². The van der Waals surface area contributed by atoms with Crippen molar-refractivity contribution in [2.45, 2.75) is 225 Å². The topological polar surface area (TPSA) is 111 Å². The fraction of sp³-hybridized carbons (Fsp3) is 0.840. The number of allylic oxidation sites excluding steroid dienone is 6. The zero-order valence-corrected chi connectivity index (χ0v) is 40.6. The number of rotatable bonds is 45. The van der Waals surface area contributed by atoms with Gasteiger partial charge in [-0.1, -0.05) is 172 Å². The molecule has 10 heteroatoms. The van der Waals surface area contributed by atoms with Gasteiger partial charge in [0.1, 0.15) is 19.8 Å². The Bertz CT molecular complexity index is 1120. The normalized spacial score (nSPS) is 13.8. The minimum Gasteiger partial charge on any atom is -0.756 e. The van der Waals surface area contributed by atoms with Gasteiger partial charge in [0, 0.05) is 12.8 Å². The zero-order valence-electron chi connectivity index (χ0n) is 39.7. The van der Waals surface area contributed by atoms with Gasteiger partial charge in [-0.3, -0.25) is 14.2 Å². The number of nitrogens with zero attached hydrogens (tertiary/aromatic N) is 1. The highest BCUT2D eigenvalue weighted by Crippen LogP contribution is 2.38. The Kier molecular flexibility index (Phi) is 41.3. The van der Waals surface area contributed by atoms with Gasteiger partial charge in [0.2, 0.25) is 0 Å². The van der Waals surface area contributed by atoms with Crippen molar-refractivity contribution >= 4 is 19.8 Å². The van der Waals surface area contributed by atoms with Crippen LogP contribution in [0.2, 0.25) is 0 Å². The second kappa shape index (κ2) is 42.5. The second-order valence-electron chi connectivity index (χ2n) is 17.8. The summed E-state index contributed by atoms with van der Waals surface area (Å²) in [4.78, 5) is 37.6. The molecule has 0 N–H and O–H groups in total. The van der Waals surface area contributed by atoms with Crippen LogP contribution in [-0.2, 0) is 32.7 Å². The van der Waals surface area contributed by atoms with E-state index in [1.165, 1.54) is 116 Å². The van der Waals surface area contributed by atoms with Crippen molar-refractivity contribution in [1.82, 2.24) is 0 Å². The van der Waals surface area contributed by atoms with E-state index in [0.29, 0.717) is 17.4 Å². The van der Waals surface area contributed by atoms with Gasteiger partial charge < -0.3 is 27.9 Å². The van der Waals surface area contributed by atoms with Gasteiger partial charge in [0.05, 0.1) is 27.7 Å². The van der Waals surface area contributed by atoms with Gasteiger partial charge in [0.25, 0.3) is 7.82 Å².